The van der Waals surface area contributed by atoms with Crippen molar-refractivity contribution < 1.29 is 17.5 Å². The summed E-state index contributed by atoms with van der Waals surface area (Å²) in [5.74, 6) is 0.973. The van der Waals surface area contributed by atoms with E-state index in [-0.39, 0.29) is 4.90 Å². The Morgan fingerprint density at radius 2 is 1.74 bits per heavy atom. The van der Waals surface area contributed by atoms with Gasteiger partial charge in [0, 0.05) is 37.8 Å². The lowest BCUT2D eigenvalue weighted by molar-refractivity contribution is 0.340. The van der Waals surface area contributed by atoms with Crippen LogP contribution in [0.25, 0.3) is 11.3 Å². The van der Waals surface area contributed by atoms with Crippen LogP contribution in [0.1, 0.15) is 6.92 Å². The van der Waals surface area contributed by atoms with Crippen molar-refractivity contribution in [3.05, 3.63) is 66.7 Å². The van der Waals surface area contributed by atoms with Crippen LogP contribution in [-0.2, 0) is 10.0 Å². The van der Waals surface area contributed by atoms with E-state index < -0.39 is 15.8 Å². The fraction of sp³-hybridized carbons (Fsp3) is 0.273. The molecule has 162 valence electrons. The largest absolute Gasteiger partial charge is 0.494 e. The van der Waals surface area contributed by atoms with E-state index in [1.807, 2.05) is 42.2 Å². The number of benzene rings is 2. The van der Waals surface area contributed by atoms with E-state index in [1.165, 1.54) is 28.8 Å². The molecule has 31 heavy (non-hydrogen) atoms. The Morgan fingerprint density at radius 1 is 1.00 bits per heavy atom. The van der Waals surface area contributed by atoms with E-state index in [0.717, 1.165) is 28.9 Å². The van der Waals surface area contributed by atoms with Crippen LogP contribution in [0.15, 0.2) is 65.8 Å². The second-order valence-corrected chi connectivity index (χ2v) is 9.01. The van der Waals surface area contributed by atoms with E-state index in [4.69, 9.17) is 4.74 Å². The highest BCUT2D eigenvalue weighted by Crippen LogP contribution is 2.25. The Labute approximate surface area is 181 Å². The zero-order valence-corrected chi connectivity index (χ0v) is 17.9. The zero-order valence-electron chi connectivity index (χ0n) is 17.1. The smallest absolute Gasteiger partial charge is 0.243 e. The highest BCUT2D eigenvalue weighted by atomic mass is 32.2. The molecule has 0 amide bonds. The molecule has 0 atom stereocenters. The molecule has 0 radical (unpaired) electrons. The van der Waals surface area contributed by atoms with Crippen LogP contribution in [0.2, 0.25) is 0 Å². The molecule has 0 bridgehead atoms. The van der Waals surface area contributed by atoms with E-state index >= 15 is 0 Å². The van der Waals surface area contributed by atoms with Gasteiger partial charge in [0.05, 0.1) is 17.2 Å². The SMILES string of the molecule is CCOc1ccc(-c2cc(N3CCN(S(=O)(=O)c4cccc(F)c4)CC3)ncn2)cc1. The molecule has 9 heteroatoms. The molecule has 3 aromatic rings. The van der Waals surface area contributed by atoms with Crippen molar-refractivity contribution >= 4 is 15.8 Å². The average Bonchev–Trinajstić information content (AvgIpc) is 2.80. The van der Waals surface area contributed by atoms with Crippen LogP contribution in [-0.4, -0.2) is 55.5 Å². The first-order chi connectivity index (χ1) is 15.0. The van der Waals surface area contributed by atoms with Gasteiger partial charge in [0.25, 0.3) is 0 Å². The summed E-state index contributed by atoms with van der Waals surface area (Å²) in [5, 5.41) is 0. The Bertz CT molecular complexity index is 1150. The van der Waals surface area contributed by atoms with Gasteiger partial charge in [-0.2, -0.15) is 4.31 Å². The Morgan fingerprint density at radius 3 is 2.42 bits per heavy atom. The molecule has 1 aromatic heterocycles. The summed E-state index contributed by atoms with van der Waals surface area (Å²) in [6, 6.07) is 14.7. The fourth-order valence-electron chi connectivity index (χ4n) is 3.50. The van der Waals surface area contributed by atoms with Crippen molar-refractivity contribution in [2.75, 3.05) is 37.7 Å². The van der Waals surface area contributed by atoms with Crippen LogP contribution in [0.5, 0.6) is 5.75 Å². The summed E-state index contributed by atoms with van der Waals surface area (Å²) in [7, 11) is -3.73. The van der Waals surface area contributed by atoms with Crippen molar-refractivity contribution in [3.63, 3.8) is 0 Å². The van der Waals surface area contributed by atoms with Crippen LogP contribution in [0.4, 0.5) is 10.2 Å². The number of sulfonamides is 1. The number of hydrogen-bond donors (Lipinski definition) is 0. The number of aromatic nitrogens is 2. The number of anilines is 1. The minimum absolute atomic E-state index is 0.0271. The maximum absolute atomic E-state index is 13.5. The maximum atomic E-state index is 13.5. The number of rotatable bonds is 6. The van der Waals surface area contributed by atoms with E-state index in [9.17, 15) is 12.8 Å². The first kappa shape index (κ1) is 21.2. The molecule has 4 rings (SSSR count). The topological polar surface area (TPSA) is 75.6 Å². The molecule has 1 fully saturated rings. The average molecular weight is 443 g/mol. The fourth-order valence-corrected chi connectivity index (χ4v) is 4.95. The quantitative estimate of drug-likeness (QED) is 0.584. The van der Waals surface area contributed by atoms with Gasteiger partial charge in [-0.3, -0.25) is 0 Å². The number of hydrogen-bond acceptors (Lipinski definition) is 6. The minimum atomic E-state index is -3.73. The summed E-state index contributed by atoms with van der Waals surface area (Å²) >= 11 is 0. The normalized spacial score (nSPS) is 15.1. The van der Waals surface area contributed by atoms with Crippen molar-refractivity contribution in [2.24, 2.45) is 0 Å². The Kier molecular flexibility index (Phi) is 6.15. The van der Waals surface area contributed by atoms with Gasteiger partial charge in [-0.05, 0) is 49.4 Å². The molecular formula is C22H23FN4O3S. The van der Waals surface area contributed by atoms with Gasteiger partial charge in [0.1, 0.15) is 23.7 Å². The van der Waals surface area contributed by atoms with Crippen LogP contribution >= 0.6 is 0 Å². The molecule has 1 aliphatic rings. The first-order valence-electron chi connectivity index (χ1n) is 10.0. The molecule has 0 aliphatic carbocycles. The van der Waals surface area contributed by atoms with Gasteiger partial charge in [-0.1, -0.05) is 6.07 Å². The predicted octanol–water partition coefficient (Wildman–Crippen LogP) is 3.19. The van der Waals surface area contributed by atoms with Crippen molar-refractivity contribution in [1.82, 2.24) is 14.3 Å². The number of ether oxygens (including phenoxy) is 1. The van der Waals surface area contributed by atoms with E-state index in [2.05, 4.69) is 9.97 Å². The highest BCUT2D eigenvalue weighted by molar-refractivity contribution is 7.89. The summed E-state index contributed by atoms with van der Waals surface area (Å²) in [6.07, 6.45) is 1.51. The molecule has 0 saturated carbocycles. The van der Waals surface area contributed by atoms with E-state index in [1.54, 1.807) is 0 Å². The molecular weight excluding hydrogens is 419 g/mol. The lowest BCUT2D eigenvalue weighted by atomic mass is 10.1. The number of nitrogens with zero attached hydrogens (tertiary/aromatic N) is 4. The van der Waals surface area contributed by atoms with Gasteiger partial charge >= 0.3 is 0 Å². The summed E-state index contributed by atoms with van der Waals surface area (Å²) in [5.41, 5.74) is 1.72. The molecule has 2 aromatic carbocycles. The minimum Gasteiger partial charge on any atom is -0.494 e. The van der Waals surface area contributed by atoms with Gasteiger partial charge in [-0.25, -0.2) is 22.8 Å². The van der Waals surface area contributed by atoms with Crippen LogP contribution in [0.3, 0.4) is 0 Å². The third-order valence-corrected chi connectivity index (χ3v) is 7.00. The van der Waals surface area contributed by atoms with Gasteiger partial charge in [0.2, 0.25) is 10.0 Å². The highest BCUT2D eigenvalue weighted by Gasteiger charge is 2.29. The van der Waals surface area contributed by atoms with Crippen molar-refractivity contribution in [3.8, 4) is 17.0 Å². The van der Waals surface area contributed by atoms with Crippen LogP contribution in [0, 0.1) is 5.82 Å². The van der Waals surface area contributed by atoms with Crippen LogP contribution < -0.4 is 9.64 Å². The molecule has 2 heterocycles. The molecule has 0 spiro atoms. The van der Waals surface area contributed by atoms with Crippen molar-refractivity contribution in [2.45, 2.75) is 11.8 Å². The third kappa shape index (κ3) is 4.67. The lowest BCUT2D eigenvalue weighted by Gasteiger charge is -2.34. The standard InChI is InChI=1S/C22H23FN4O3S/c1-2-30-19-8-6-17(7-9-19)21-15-22(25-16-24-21)26-10-12-27(13-11-26)31(28,29)20-5-3-4-18(23)14-20/h3-9,14-16H,2,10-13H2,1H3. The molecule has 0 N–H and O–H groups in total. The second kappa shape index (κ2) is 8.99. The first-order valence-corrected chi connectivity index (χ1v) is 11.5. The number of halogens is 1. The monoisotopic (exact) mass is 442 g/mol. The predicted molar refractivity (Wildman–Crippen MR) is 116 cm³/mol. The zero-order chi connectivity index (χ0) is 21.8. The molecule has 1 saturated heterocycles. The molecule has 1 aliphatic heterocycles. The summed E-state index contributed by atoms with van der Waals surface area (Å²) in [4.78, 5) is 10.7. The third-order valence-electron chi connectivity index (χ3n) is 5.11. The molecule has 7 nitrogen and oxygen atoms in total. The van der Waals surface area contributed by atoms with E-state index in [0.29, 0.717) is 32.8 Å². The Balaban J connectivity index is 1.46. The molecule has 0 unspecified atom stereocenters. The summed E-state index contributed by atoms with van der Waals surface area (Å²) < 4.78 is 45.9. The Hall–Kier alpha value is -3.04. The van der Waals surface area contributed by atoms with Gasteiger partial charge in [-0.15, -0.1) is 0 Å². The lowest BCUT2D eigenvalue weighted by Crippen LogP contribution is -2.48. The number of piperazine rings is 1. The van der Waals surface area contributed by atoms with Gasteiger partial charge < -0.3 is 9.64 Å². The second-order valence-electron chi connectivity index (χ2n) is 7.07. The maximum Gasteiger partial charge on any atom is 0.243 e. The van der Waals surface area contributed by atoms with Crippen molar-refractivity contribution in [1.29, 1.82) is 0 Å². The van der Waals surface area contributed by atoms with Gasteiger partial charge in [0.15, 0.2) is 0 Å². The summed E-state index contributed by atoms with van der Waals surface area (Å²) in [6.45, 7) is 4.09.